The quantitative estimate of drug-likeness (QED) is 0.444. The maximum absolute atomic E-state index is 13.5. The molecule has 0 aliphatic carbocycles. The second-order valence-corrected chi connectivity index (χ2v) is 10.5. The van der Waals surface area contributed by atoms with Gasteiger partial charge in [0, 0.05) is 5.02 Å². The summed E-state index contributed by atoms with van der Waals surface area (Å²) in [4.78, 5) is 13.2. The number of nitrogens with zero attached hydrogens (tertiary/aromatic N) is 1. The van der Waals surface area contributed by atoms with Crippen LogP contribution in [0.2, 0.25) is 5.02 Å². The van der Waals surface area contributed by atoms with Crippen molar-refractivity contribution >= 4 is 33.2 Å². The molecule has 0 saturated carbocycles. The Morgan fingerprint density at radius 1 is 0.939 bits per heavy atom. The van der Waals surface area contributed by atoms with Crippen molar-refractivity contribution in [3.8, 4) is 0 Å². The lowest BCUT2D eigenvalue weighted by atomic mass is 10.0. The van der Waals surface area contributed by atoms with Gasteiger partial charge in [-0.05, 0) is 80.3 Å². The Balaban J connectivity index is 1.93. The predicted molar refractivity (Wildman–Crippen MR) is 134 cm³/mol. The largest absolute Gasteiger partial charge is 0.348 e. The fraction of sp³-hybridized carbons (Fsp3) is 0.269. The van der Waals surface area contributed by atoms with E-state index in [1.165, 1.54) is 24.3 Å². The van der Waals surface area contributed by atoms with Crippen molar-refractivity contribution in [1.29, 1.82) is 0 Å². The van der Waals surface area contributed by atoms with Gasteiger partial charge in [-0.2, -0.15) is 0 Å². The molecule has 1 atom stereocenters. The molecule has 1 N–H and O–H groups in total. The monoisotopic (exact) mass is 484 g/mol. The summed E-state index contributed by atoms with van der Waals surface area (Å²) >= 11 is 5.95. The molecule has 0 radical (unpaired) electrons. The molecule has 0 bridgehead atoms. The van der Waals surface area contributed by atoms with Crippen LogP contribution in [0.4, 0.5) is 5.69 Å². The number of amides is 1. The van der Waals surface area contributed by atoms with Gasteiger partial charge < -0.3 is 5.32 Å². The molecule has 0 spiro atoms. The average Bonchev–Trinajstić information content (AvgIpc) is 2.78. The van der Waals surface area contributed by atoms with Gasteiger partial charge in [0.2, 0.25) is 5.91 Å². The average molecular weight is 485 g/mol. The predicted octanol–water partition coefficient (Wildman–Crippen LogP) is 5.73. The van der Waals surface area contributed by atoms with Crippen molar-refractivity contribution in [1.82, 2.24) is 5.32 Å². The third-order valence-corrected chi connectivity index (χ3v) is 7.73. The van der Waals surface area contributed by atoms with Crippen LogP contribution < -0.4 is 9.62 Å². The van der Waals surface area contributed by atoms with Crippen LogP contribution in [0, 0.1) is 20.8 Å². The SMILES string of the molecule is CCC(NC(=O)CN(c1ccc(C)c(C)c1)S(=O)(=O)c1ccc(Cl)cc1)c1ccc(C)cc1. The number of nitrogens with one attached hydrogen (secondary N) is 1. The Morgan fingerprint density at radius 2 is 1.58 bits per heavy atom. The topological polar surface area (TPSA) is 66.5 Å². The summed E-state index contributed by atoms with van der Waals surface area (Å²) in [5.74, 6) is -0.377. The first-order valence-electron chi connectivity index (χ1n) is 10.8. The number of carbonyl (C=O) groups excluding carboxylic acids is 1. The Bertz CT molecular complexity index is 1220. The van der Waals surface area contributed by atoms with Crippen LogP contribution in [0.1, 0.15) is 41.6 Å². The maximum atomic E-state index is 13.5. The molecular weight excluding hydrogens is 456 g/mol. The van der Waals surface area contributed by atoms with Crippen molar-refractivity contribution in [3.05, 3.63) is 94.0 Å². The summed E-state index contributed by atoms with van der Waals surface area (Å²) in [6.45, 7) is 7.52. The van der Waals surface area contributed by atoms with Gasteiger partial charge in [0.05, 0.1) is 16.6 Å². The van der Waals surface area contributed by atoms with E-state index in [1.54, 1.807) is 12.1 Å². The molecule has 3 aromatic carbocycles. The second-order valence-electron chi connectivity index (χ2n) is 8.17. The molecule has 5 nitrogen and oxygen atoms in total. The minimum Gasteiger partial charge on any atom is -0.348 e. The number of rotatable bonds is 8. The number of aryl methyl sites for hydroxylation is 3. The van der Waals surface area contributed by atoms with Crippen LogP contribution in [0.25, 0.3) is 0 Å². The third-order valence-electron chi connectivity index (χ3n) is 5.69. The van der Waals surface area contributed by atoms with Gasteiger partial charge in [0.1, 0.15) is 6.54 Å². The highest BCUT2D eigenvalue weighted by Gasteiger charge is 2.28. The highest BCUT2D eigenvalue weighted by Crippen LogP contribution is 2.27. The molecular formula is C26H29ClN2O3S. The van der Waals surface area contributed by atoms with E-state index < -0.39 is 10.0 Å². The molecule has 1 amide bonds. The fourth-order valence-electron chi connectivity index (χ4n) is 3.52. The Kier molecular flexibility index (Phi) is 7.82. The Morgan fingerprint density at radius 3 is 2.15 bits per heavy atom. The van der Waals surface area contributed by atoms with Crippen LogP contribution in [-0.2, 0) is 14.8 Å². The Hall–Kier alpha value is -2.83. The van der Waals surface area contributed by atoms with Crippen molar-refractivity contribution in [3.63, 3.8) is 0 Å². The number of hydrogen-bond donors (Lipinski definition) is 1. The highest BCUT2D eigenvalue weighted by molar-refractivity contribution is 7.92. The van der Waals surface area contributed by atoms with Crippen LogP contribution in [-0.4, -0.2) is 20.9 Å². The molecule has 0 aromatic heterocycles. The third kappa shape index (κ3) is 5.95. The zero-order chi connectivity index (χ0) is 24.2. The van der Waals surface area contributed by atoms with E-state index in [4.69, 9.17) is 11.6 Å². The van der Waals surface area contributed by atoms with E-state index in [0.717, 1.165) is 26.6 Å². The van der Waals surface area contributed by atoms with Crippen LogP contribution in [0.3, 0.4) is 0 Å². The van der Waals surface area contributed by atoms with Gasteiger partial charge in [-0.3, -0.25) is 9.10 Å². The number of sulfonamides is 1. The van der Waals surface area contributed by atoms with Gasteiger partial charge in [-0.15, -0.1) is 0 Å². The zero-order valence-electron chi connectivity index (χ0n) is 19.3. The molecule has 0 aliphatic rings. The molecule has 7 heteroatoms. The summed E-state index contributed by atoms with van der Waals surface area (Å²) in [7, 11) is -3.99. The second kappa shape index (κ2) is 10.4. The van der Waals surface area contributed by atoms with Crippen LogP contribution in [0.15, 0.2) is 71.6 Å². The van der Waals surface area contributed by atoms with Gasteiger partial charge in [0.15, 0.2) is 0 Å². The summed E-state index contributed by atoms with van der Waals surface area (Å²) in [5, 5.41) is 3.43. The lowest BCUT2D eigenvalue weighted by Crippen LogP contribution is -2.42. The lowest BCUT2D eigenvalue weighted by Gasteiger charge is -2.26. The standard InChI is InChI=1S/C26H29ClN2O3S/c1-5-25(21-9-6-18(2)7-10-21)28-26(30)17-29(23-13-8-19(3)20(4)16-23)33(31,32)24-14-11-22(27)12-15-24/h6-16,25H,5,17H2,1-4H3,(H,28,30). The Labute approximate surface area is 201 Å². The van der Waals surface area contributed by atoms with E-state index in [1.807, 2.05) is 58.0 Å². The first-order valence-corrected chi connectivity index (χ1v) is 12.6. The van der Waals surface area contributed by atoms with E-state index in [0.29, 0.717) is 17.1 Å². The van der Waals surface area contributed by atoms with Crippen molar-refractivity contribution in [2.24, 2.45) is 0 Å². The van der Waals surface area contributed by atoms with Gasteiger partial charge in [-0.25, -0.2) is 8.42 Å². The van der Waals surface area contributed by atoms with Crippen LogP contribution in [0.5, 0.6) is 0 Å². The van der Waals surface area contributed by atoms with Crippen molar-refractivity contribution in [2.45, 2.75) is 45.1 Å². The van der Waals surface area contributed by atoms with E-state index in [2.05, 4.69) is 5.32 Å². The first kappa shape index (κ1) is 24.8. The summed E-state index contributed by atoms with van der Waals surface area (Å²) in [6.07, 6.45) is 0.683. The molecule has 0 heterocycles. The van der Waals surface area contributed by atoms with E-state index >= 15 is 0 Å². The lowest BCUT2D eigenvalue weighted by molar-refractivity contribution is -0.120. The maximum Gasteiger partial charge on any atom is 0.264 e. The molecule has 1 unspecified atom stereocenters. The number of carbonyl (C=O) groups is 1. The molecule has 0 fully saturated rings. The number of halogens is 1. The molecule has 3 aromatic rings. The van der Waals surface area contributed by atoms with Crippen LogP contribution >= 0.6 is 11.6 Å². The zero-order valence-corrected chi connectivity index (χ0v) is 20.9. The number of hydrogen-bond acceptors (Lipinski definition) is 3. The minimum absolute atomic E-state index is 0.0727. The minimum atomic E-state index is -3.99. The molecule has 174 valence electrons. The summed E-state index contributed by atoms with van der Waals surface area (Å²) in [5.41, 5.74) is 4.53. The van der Waals surface area contributed by atoms with Gasteiger partial charge >= 0.3 is 0 Å². The highest BCUT2D eigenvalue weighted by atomic mass is 35.5. The normalized spacial score (nSPS) is 12.3. The van der Waals surface area contributed by atoms with E-state index in [-0.39, 0.29) is 23.4 Å². The van der Waals surface area contributed by atoms with E-state index in [9.17, 15) is 13.2 Å². The molecule has 0 aliphatic heterocycles. The number of anilines is 1. The molecule has 3 rings (SSSR count). The molecule has 0 saturated heterocycles. The summed E-state index contributed by atoms with van der Waals surface area (Å²) in [6, 6.07) is 19.1. The van der Waals surface area contributed by atoms with Gasteiger partial charge in [0.25, 0.3) is 10.0 Å². The summed E-state index contributed by atoms with van der Waals surface area (Å²) < 4.78 is 28.2. The van der Waals surface area contributed by atoms with Crippen molar-refractivity contribution in [2.75, 3.05) is 10.8 Å². The van der Waals surface area contributed by atoms with Crippen molar-refractivity contribution < 1.29 is 13.2 Å². The fourth-order valence-corrected chi connectivity index (χ4v) is 5.06. The molecule has 33 heavy (non-hydrogen) atoms. The first-order chi connectivity index (χ1) is 15.6. The van der Waals surface area contributed by atoms with Gasteiger partial charge in [-0.1, -0.05) is 54.4 Å². The number of benzene rings is 3. The smallest absolute Gasteiger partial charge is 0.264 e.